The molecule has 0 aromatic carbocycles. The van der Waals surface area contributed by atoms with E-state index < -0.39 is 0 Å². The summed E-state index contributed by atoms with van der Waals surface area (Å²) in [5.41, 5.74) is 1.85. The van der Waals surface area contributed by atoms with Crippen LogP contribution >= 0.6 is 0 Å². The molecule has 4 aliphatic rings. The zero-order chi connectivity index (χ0) is 20.9. The van der Waals surface area contributed by atoms with Gasteiger partial charge in [-0.25, -0.2) is 0 Å². The lowest BCUT2D eigenvalue weighted by molar-refractivity contribution is -0.133. The topological polar surface area (TPSA) is 53.4 Å². The second-order valence-electron chi connectivity index (χ2n) is 11.7. The van der Waals surface area contributed by atoms with Crippen LogP contribution in [0.15, 0.2) is 24.4 Å². The number of aryl methyl sites for hydroxylation is 1. The predicted octanol–water partition coefficient (Wildman–Crippen LogP) is 5.39. The largest absolute Gasteiger partial charge is 0.393 e. The Labute approximate surface area is 182 Å². The molecule has 3 heteroatoms. The first-order valence-corrected chi connectivity index (χ1v) is 12.7. The second kappa shape index (κ2) is 7.89. The van der Waals surface area contributed by atoms with Gasteiger partial charge in [0.15, 0.2) is 0 Å². The van der Waals surface area contributed by atoms with Crippen LogP contribution in [-0.4, -0.2) is 27.4 Å². The normalized spacial score (nSPS) is 46.5. The molecule has 5 rings (SSSR count). The molecule has 166 valence electrons. The highest BCUT2D eigenvalue weighted by Crippen LogP contribution is 2.67. The van der Waals surface area contributed by atoms with E-state index >= 15 is 0 Å². The molecule has 1 unspecified atom stereocenters. The molecule has 0 aliphatic heterocycles. The van der Waals surface area contributed by atoms with E-state index in [0.717, 1.165) is 55.0 Å². The molecule has 0 saturated heterocycles. The summed E-state index contributed by atoms with van der Waals surface area (Å²) >= 11 is 0. The molecule has 1 aromatic heterocycles. The number of nitrogens with zero attached hydrogens (tertiary/aromatic N) is 1. The van der Waals surface area contributed by atoms with Crippen LogP contribution in [0.1, 0.15) is 83.7 Å². The Kier molecular flexibility index (Phi) is 5.51. The molecule has 1 heterocycles. The van der Waals surface area contributed by atoms with Crippen LogP contribution in [0.25, 0.3) is 0 Å². The number of rotatable bonds is 4. The van der Waals surface area contributed by atoms with Gasteiger partial charge in [0.1, 0.15) is 0 Å². The van der Waals surface area contributed by atoms with Crippen LogP contribution in [0.5, 0.6) is 0 Å². The predicted molar refractivity (Wildman–Crippen MR) is 120 cm³/mol. The average molecular weight is 412 g/mol. The summed E-state index contributed by atoms with van der Waals surface area (Å²) in [6.45, 7) is 5.09. The Balaban J connectivity index is 1.29. The molecule has 0 amide bonds. The molecule has 4 saturated carbocycles. The molecule has 4 aliphatic carbocycles. The SMILES string of the molecule is C[C@]12CC[C@H](O)C[C@@H]1CC[C@@H]1[C@@H]2CC[C@]2(C)[C@@H](C(O)CCc3ccccn3)CC[C@@H]12. The lowest BCUT2D eigenvalue weighted by Crippen LogP contribution is -2.54. The van der Waals surface area contributed by atoms with Crippen molar-refractivity contribution in [2.75, 3.05) is 0 Å². The van der Waals surface area contributed by atoms with Gasteiger partial charge < -0.3 is 10.2 Å². The number of fused-ring (bicyclic) bond motifs is 5. The Bertz CT molecular complexity index is 738. The van der Waals surface area contributed by atoms with E-state index in [9.17, 15) is 10.2 Å². The van der Waals surface area contributed by atoms with Crippen molar-refractivity contribution >= 4 is 0 Å². The fourth-order valence-electron chi connectivity index (χ4n) is 8.95. The standard InChI is InChI=1S/C27H41NO2/c1-26-14-12-20(29)17-18(26)6-8-21-22-9-10-24(27(22,2)15-13-23(21)26)25(30)11-7-19-5-3-4-16-28-19/h3-5,16,18,20-25,29-30H,6-15,17H2,1-2H3/t18-,20-,21-,22-,23-,24+,25?,26-,27-/m0/s1. The molecule has 9 atom stereocenters. The van der Waals surface area contributed by atoms with Gasteiger partial charge in [0.25, 0.3) is 0 Å². The summed E-state index contributed by atoms with van der Waals surface area (Å²) in [6, 6.07) is 6.09. The quantitative estimate of drug-likeness (QED) is 0.698. The summed E-state index contributed by atoms with van der Waals surface area (Å²) in [5.74, 6) is 3.65. The fraction of sp³-hybridized carbons (Fsp3) is 0.815. The van der Waals surface area contributed by atoms with E-state index in [0.29, 0.717) is 16.7 Å². The van der Waals surface area contributed by atoms with Crippen molar-refractivity contribution in [3.8, 4) is 0 Å². The minimum Gasteiger partial charge on any atom is -0.393 e. The molecular weight excluding hydrogens is 370 g/mol. The van der Waals surface area contributed by atoms with Gasteiger partial charge >= 0.3 is 0 Å². The summed E-state index contributed by atoms with van der Waals surface area (Å²) < 4.78 is 0. The van der Waals surface area contributed by atoms with Crippen molar-refractivity contribution in [2.45, 2.75) is 96.7 Å². The highest BCUT2D eigenvalue weighted by Gasteiger charge is 2.60. The van der Waals surface area contributed by atoms with Gasteiger partial charge in [0, 0.05) is 11.9 Å². The maximum absolute atomic E-state index is 11.2. The Hall–Kier alpha value is -0.930. The van der Waals surface area contributed by atoms with Crippen molar-refractivity contribution in [2.24, 2.45) is 40.4 Å². The van der Waals surface area contributed by atoms with Crippen LogP contribution < -0.4 is 0 Å². The number of aromatic nitrogens is 1. The lowest BCUT2D eigenvalue weighted by Gasteiger charge is -2.61. The van der Waals surface area contributed by atoms with Gasteiger partial charge in [-0.05, 0) is 123 Å². The van der Waals surface area contributed by atoms with Crippen molar-refractivity contribution < 1.29 is 10.2 Å². The first-order valence-electron chi connectivity index (χ1n) is 12.7. The zero-order valence-corrected chi connectivity index (χ0v) is 19.0. The van der Waals surface area contributed by atoms with Gasteiger partial charge in [0.05, 0.1) is 12.2 Å². The van der Waals surface area contributed by atoms with E-state index in [1.165, 1.54) is 44.9 Å². The first kappa shape index (κ1) is 20.9. The smallest absolute Gasteiger partial charge is 0.0577 e. The molecule has 0 bridgehead atoms. The monoisotopic (exact) mass is 411 g/mol. The van der Waals surface area contributed by atoms with Crippen LogP contribution in [0.2, 0.25) is 0 Å². The Morgan fingerprint density at radius 1 is 1.00 bits per heavy atom. The van der Waals surface area contributed by atoms with Crippen molar-refractivity contribution in [3.05, 3.63) is 30.1 Å². The molecule has 0 spiro atoms. The second-order valence-corrected chi connectivity index (χ2v) is 11.7. The Morgan fingerprint density at radius 3 is 2.60 bits per heavy atom. The summed E-state index contributed by atoms with van der Waals surface area (Å²) in [4.78, 5) is 4.45. The first-order chi connectivity index (χ1) is 14.4. The van der Waals surface area contributed by atoms with Crippen LogP contribution in [-0.2, 0) is 6.42 Å². The number of hydrogen-bond donors (Lipinski definition) is 2. The third-order valence-electron chi connectivity index (χ3n) is 10.6. The molecule has 1 aromatic rings. The molecule has 2 N–H and O–H groups in total. The van der Waals surface area contributed by atoms with Crippen molar-refractivity contribution in [3.63, 3.8) is 0 Å². The van der Waals surface area contributed by atoms with E-state index in [2.05, 4.69) is 24.9 Å². The third kappa shape index (κ3) is 3.35. The van der Waals surface area contributed by atoms with Gasteiger partial charge in [-0.15, -0.1) is 0 Å². The van der Waals surface area contributed by atoms with E-state index in [-0.39, 0.29) is 12.2 Å². The average Bonchev–Trinajstić information content (AvgIpc) is 3.10. The molecule has 3 nitrogen and oxygen atoms in total. The summed E-state index contributed by atoms with van der Waals surface area (Å²) in [5, 5.41) is 21.5. The number of aliphatic hydroxyl groups excluding tert-OH is 2. The van der Waals surface area contributed by atoms with E-state index in [4.69, 9.17) is 0 Å². The number of hydrogen-bond acceptors (Lipinski definition) is 3. The van der Waals surface area contributed by atoms with Gasteiger partial charge in [-0.3, -0.25) is 4.98 Å². The molecule has 0 radical (unpaired) electrons. The molecule has 30 heavy (non-hydrogen) atoms. The Morgan fingerprint density at radius 2 is 1.80 bits per heavy atom. The maximum Gasteiger partial charge on any atom is 0.0577 e. The maximum atomic E-state index is 11.2. The minimum atomic E-state index is -0.199. The zero-order valence-electron chi connectivity index (χ0n) is 19.0. The highest BCUT2D eigenvalue weighted by molar-refractivity contribution is 5.10. The van der Waals surface area contributed by atoms with Gasteiger partial charge in [-0.2, -0.15) is 0 Å². The molecule has 4 fully saturated rings. The molecular formula is C27H41NO2. The third-order valence-corrected chi connectivity index (χ3v) is 10.6. The van der Waals surface area contributed by atoms with E-state index in [1.807, 2.05) is 18.3 Å². The highest BCUT2D eigenvalue weighted by atomic mass is 16.3. The van der Waals surface area contributed by atoms with Crippen LogP contribution in [0, 0.1) is 40.4 Å². The van der Waals surface area contributed by atoms with E-state index in [1.54, 1.807) is 0 Å². The van der Waals surface area contributed by atoms with Gasteiger partial charge in [-0.1, -0.05) is 19.9 Å². The number of aliphatic hydroxyl groups is 2. The van der Waals surface area contributed by atoms with Crippen molar-refractivity contribution in [1.82, 2.24) is 4.98 Å². The minimum absolute atomic E-state index is 0.0569. The lowest BCUT2D eigenvalue weighted by atomic mass is 9.44. The van der Waals surface area contributed by atoms with Crippen LogP contribution in [0.4, 0.5) is 0 Å². The summed E-state index contributed by atoms with van der Waals surface area (Å²) in [7, 11) is 0. The summed E-state index contributed by atoms with van der Waals surface area (Å²) in [6.07, 6.45) is 14.4. The van der Waals surface area contributed by atoms with Crippen LogP contribution in [0.3, 0.4) is 0 Å². The van der Waals surface area contributed by atoms with Crippen molar-refractivity contribution in [1.29, 1.82) is 0 Å². The fourth-order valence-corrected chi connectivity index (χ4v) is 8.95. The van der Waals surface area contributed by atoms with Gasteiger partial charge in [0.2, 0.25) is 0 Å². The number of pyridine rings is 1.